The number of nitrogens with one attached hydrogen (secondary N) is 1. The zero-order chi connectivity index (χ0) is 14.7. The first-order valence-electron chi connectivity index (χ1n) is 7.06. The first kappa shape index (κ1) is 15.0. The van der Waals surface area contributed by atoms with Gasteiger partial charge in [0.05, 0.1) is 5.92 Å². The third-order valence-electron chi connectivity index (χ3n) is 3.76. The summed E-state index contributed by atoms with van der Waals surface area (Å²) < 4.78 is 0. The molecule has 5 nitrogen and oxygen atoms in total. The van der Waals surface area contributed by atoms with E-state index in [1.54, 1.807) is 7.05 Å². The summed E-state index contributed by atoms with van der Waals surface area (Å²) in [6, 6.07) is 0. The third-order valence-corrected chi connectivity index (χ3v) is 4.13. The van der Waals surface area contributed by atoms with E-state index in [4.69, 9.17) is 11.6 Å². The number of carbonyl (C=O) groups excluding carboxylic acids is 1. The second-order valence-electron chi connectivity index (χ2n) is 5.13. The van der Waals surface area contributed by atoms with Crippen molar-refractivity contribution in [1.82, 2.24) is 15.3 Å². The van der Waals surface area contributed by atoms with Crippen LogP contribution in [0.25, 0.3) is 0 Å². The summed E-state index contributed by atoms with van der Waals surface area (Å²) in [4.78, 5) is 22.8. The number of hydrogen-bond acceptors (Lipinski definition) is 4. The Kier molecular flexibility index (Phi) is 4.81. The van der Waals surface area contributed by atoms with E-state index in [0.29, 0.717) is 11.7 Å². The van der Waals surface area contributed by atoms with Crippen LogP contribution in [-0.4, -0.2) is 36.0 Å². The van der Waals surface area contributed by atoms with E-state index >= 15 is 0 Å². The maximum Gasteiger partial charge on any atom is 0.224 e. The van der Waals surface area contributed by atoms with E-state index in [1.807, 2.05) is 13.8 Å². The molecule has 0 spiro atoms. The van der Waals surface area contributed by atoms with Crippen LogP contribution in [0.3, 0.4) is 0 Å². The number of carbonyl (C=O) groups is 1. The molecule has 110 valence electrons. The van der Waals surface area contributed by atoms with Gasteiger partial charge in [0.2, 0.25) is 5.91 Å². The Morgan fingerprint density at radius 3 is 2.90 bits per heavy atom. The van der Waals surface area contributed by atoms with E-state index in [0.717, 1.165) is 43.0 Å². The molecule has 1 aromatic heterocycles. The molecule has 1 saturated heterocycles. The van der Waals surface area contributed by atoms with E-state index in [-0.39, 0.29) is 11.8 Å². The van der Waals surface area contributed by atoms with Gasteiger partial charge in [-0.15, -0.1) is 0 Å². The molecule has 0 aliphatic carbocycles. The summed E-state index contributed by atoms with van der Waals surface area (Å²) in [5.41, 5.74) is 0.890. The van der Waals surface area contributed by atoms with E-state index in [1.165, 1.54) is 0 Å². The second-order valence-corrected chi connectivity index (χ2v) is 5.49. The van der Waals surface area contributed by atoms with Crippen molar-refractivity contribution in [2.45, 2.75) is 33.1 Å². The number of aromatic nitrogens is 2. The first-order chi connectivity index (χ1) is 9.56. The quantitative estimate of drug-likeness (QED) is 0.866. The van der Waals surface area contributed by atoms with Gasteiger partial charge in [0, 0.05) is 32.1 Å². The largest absolute Gasteiger partial charge is 0.359 e. The van der Waals surface area contributed by atoms with Crippen LogP contribution in [0.15, 0.2) is 0 Å². The van der Waals surface area contributed by atoms with Crippen LogP contribution >= 0.6 is 11.6 Å². The fourth-order valence-electron chi connectivity index (χ4n) is 2.57. The fraction of sp³-hybridized carbons (Fsp3) is 0.643. The summed E-state index contributed by atoms with van der Waals surface area (Å²) in [7, 11) is 1.68. The summed E-state index contributed by atoms with van der Waals surface area (Å²) in [6.45, 7) is 5.54. The molecule has 1 unspecified atom stereocenters. The number of amides is 1. The summed E-state index contributed by atoms with van der Waals surface area (Å²) in [6.07, 6.45) is 2.66. The lowest BCUT2D eigenvalue weighted by atomic mass is 9.97. The van der Waals surface area contributed by atoms with Gasteiger partial charge in [-0.3, -0.25) is 4.79 Å². The minimum absolute atomic E-state index is 0.0203. The topological polar surface area (TPSA) is 58.1 Å². The Hall–Kier alpha value is -1.36. The van der Waals surface area contributed by atoms with Gasteiger partial charge in [-0.1, -0.05) is 18.5 Å². The monoisotopic (exact) mass is 296 g/mol. The maximum absolute atomic E-state index is 11.8. The van der Waals surface area contributed by atoms with E-state index in [2.05, 4.69) is 20.2 Å². The number of piperidine rings is 1. The molecule has 0 bridgehead atoms. The van der Waals surface area contributed by atoms with Gasteiger partial charge in [0.15, 0.2) is 0 Å². The van der Waals surface area contributed by atoms with Gasteiger partial charge in [0.25, 0.3) is 0 Å². The molecular weight excluding hydrogens is 276 g/mol. The standard InChI is InChI=1S/C14H21ClN4O/c1-4-11-17-12(15)9(2)13(18-11)19-7-5-6-10(8-19)14(20)16-3/h10H,4-8H2,1-3H3,(H,16,20). The van der Waals surface area contributed by atoms with Crippen molar-refractivity contribution >= 4 is 23.3 Å². The SMILES string of the molecule is CCc1nc(Cl)c(C)c(N2CCCC(C(=O)NC)C2)n1. The van der Waals surface area contributed by atoms with Crippen LogP contribution in [-0.2, 0) is 11.2 Å². The highest BCUT2D eigenvalue weighted by molar-refractivity contribution is 6.30. The Bertz CT molecular complexity index is 506. The van der Waals surface area contributed by atoms with E-state index in [9.17, 15) is 4.79 Å². The molecule has 6 heteroatoms. The molecule has 1 N–H and O–H groups in total. The van der Waals surface area contributed by atoms with Gasteiger partial charge in [-0.25, -0.2) is 9.97 Å². The van der Waals surface area contributed by atoms with Crippen molar-refractivity contribution in [1.29, 1.82) is 0 Å². The average molecular weight is 297 g/mol. The molecule has 0 aromatic carbocycles. The molecule has 0 radical (unpaired) electrons. The van der Waals surface area contributed by atoms with Crippen molar-refractivity contribution in [3.8, 4) is 0 Å². The van der Waals surface area contributed by atoms with Crippen LogP contribution < -0.4 is 10.2 Å². The Labute approximate surface area is 124 Å². The van der Waals surface area contributed by atoms with Crippen molar-refractivity contribution in [3.63, 3.8) is 0 Å². The van der Waals surface area contributed by atoms with Crippen LogP contribution in [0.4, 0.5) is 5.82 Å². The lowest BCUT2D eigenvalue weighted by Gasteiger charge is -2.33. The van der Waals surface area contributed by atoms with Crippen LogP contribution in [0.2, 0.25) is 5.15 Å². The fourth-order valence-corrected chi connectivity index (χ4v) is 2.76. The number of aryl methyl sites for hydroxylation is 1. The number of anilines is 1. The zero-order valence-corrected chi connectivity index (χ0v) is 13.0. The highest BCUT2D eigenvalue weighted by Crippen LogP contribution is 2.28. The van der Waals surface area contributed by atoms with Crippen LogP contribution in [0, 0.1) is 12.8 Å². The molecule has 2 heterocycles. The molecule has 0 saturated carbocycles. The predicted molar refractivity (Wildman–Crippen MR) is 80.2 cm³/mol. The molecule has 1 aromatic rings. The molecule has 1 amide bonds. The number of hydrogen-bond donors (Lipinski definition) is 1. The van der Waals surface area contributed by atoms with Crippen molar-refractivity contribution in [2.24, 2.45) is 5.92 Å². The first-order valence-corrected chi connectivity index (χ1v) is 7.44. The maximum atomic E-state index is 11.8. The van der Waals surface area contributed by atoms with E-state index < -0.39 is 0 Å². The minimum atomic E-state index is 0.0203. The lowest BCUT2D eigenvalue weighted by molar-refractivity contribution is -0.124. The highest BCUT2D eigenvalue weighted by atomic mass is 35.5. The zero-order valence-electron chi connectivity index (χ0n) is 12.2. The van der Waals surface area contributed by atoms with Gasteiger partial charge in [0.1, 0.15) is 16.8 Å². The van der Waals surface area contributed by atoms with Crippen LogP contribution in [0.5, 0.6) is 0 Å². The Morgan fingerprint density at radius 1 is 1.50 bits per heavy atom. The smallest absolute Gasteiger partial charge is 0.224 e. The predicted octanol–water partition coefficient (Wildman–Crippen LogP) is 1.96. The highest BCUT2D eigenvalue weighted by Gasteiger charge is 2.27. The van der Waals surface area contributed by atoms with Crippen molar-refractivity contribution in [3.05, 3.63) is 16.5 Å². The van der Waals surface area contributed by atoms with Gasteiger partial charge in [-0.05, 0) is 19.8 Å². The average Bonchev–Trinajstić information content (AvgIpc) is 2.49. The van der Waals surface area contributed by atoms with Crippen molar-refractivity contribution in [2.75, 3.05) is 25.0 Å². The molecule has 1 aliphatic rings. The Morgan fingerprint density at radius 2 is 2.25 bits per heavy atom. The third kappa shape index (κ3) is 3.03. The summed E-state index contributed by atoms with van der Waals surface area (Å²) in [5, 5.41) is 3.24. The normalized spacial score (nSPS) is 19.0. The second kappa shape index (κ2) is 6.39. The van der Waals surface area contributed by atoms with Crippen LogP contribution in [0.1, 0.15) is 31.2 Å². The van der Waals surface area contributed by atoms with Crippen molar-refractivity contribution < 1.29 is 4.79 Å². The molecule has 1 aliphatic heterocycles. The molecule has 1 atom stereocenters. The molecular formula is C14H21ClN4O. The lowest BCUT2D eigenvalue weighted by Crippen LogP contribution is -2.42. The van der Waals surface area contributed by atoms with Gasteiger partial charge >= 0.3 is 0 Å². The summed E-state index contributed by atoms with van der Waals surface area (Å²) >= 11 is 6.19. The molecule has 1 fully saturated rings. The molecule has 2 rings (SSSR count). The Balaban J connectivity index is 2.26. The van der Waals surface area contributed by atoms with Gasteiger partial charge < -0.3 is 10.2 Å². The summed E-state index contributed by atoms with van der Waals surface area (Å²) in [5.74, 6) is 1.74. The molecule has 20 heavy (non-hydrogen) atoms. The number of rotatable bonds is 3. The minimum Gasteiger partial charge on any atom is -0.359 e. The van der Waals surface area contributed by atoms with Gasteiger partial charge in [-0.2, -0.15) is 0 Å². The number of nitrogens with zero attached hydrogens (tertiary/aromatic N) is 3. The number of halogens is 1.